The van der Waals surface area contributed by atoms with Crippen LogP contribution in [0.3, 0.4) is 0 Å². The Morgan fingerprint density at radius 2 is 1.95 bits per heavy atom. The molecule has 0 bridgehead atoms. The molecule has 6 heteroatoms. The van der Waals surface area contributed by atoms with Crippen molar-refractivity contribution in [3.05, 3.63) is 21.3 Å². The fourth-order valence-electron chi connectivity index (χ4n) is 3.00. The van der Waals surface area contributed by atoms with E-state index in [1.807, 2.05) is 0 Å². The first-order chi connectivity index (χ1) is 9.16. The molecule has 2 unspecified atom stereocenters. The number of rotatable bonds is 1. The van der Waals surface area contributed by atoms with E-state index >= 15 is 0 Å². The SMILES string of the molecule is Clc1cc(Cl)c(N2CCOC3CCCCC32)nc1Cl. The number of pyridine rings is 1. The summed E-state index contributed by atoms with van der Waals surface area (Å²) in [5.41, 5.74) is 0. The van der Waals surface area contributed by atoms with Crippen molar-refractivity contribution in [1.82, 2.24) is 4.98 Å². The minimum atomic E-state index is 0.287. The Hall–Kier alpha value is -0.220. The number of halogens is 3. The first kappa shape index (κ1) is 13.7. The highest BCUT2D eigenvalue weighted by Crippen LogP contribution is 2.36. The Labute approximate surface area is 127 Å². The van der Waals surface area contributed by atoms with Gasteiger partial charge < -0.3 is 9.64 Å². The molecule has 2 heterocycles. The summed E-state index contributed by atoms with van der Waals surface area (Å²) in [6, 6.07) is 2.02. The monoisotopic (exact) mass is 320 g/mol. The standard InChI is InChI=1S/C13H15Cl3N2O/c14-8-7-9(15)13(17-12(8)16)18-5-6-19-11-4-2-1-3-10(11)18/h7,10-11H,1-6H2. The topological polar surface area (TPSA) is 25.4 Å². The van der Waals surface area contributed by atoms with Crippen LogP contribution in [0.2, 0.25) is 15.2 Å². The van der Waals surface area contributed by atoms with Crippen LogP contribution >= 0.6 is 34.8 Å². The minimum absolute atomic E-state index is 0.287. The Balaban J connectivity index is 1.93. The summed E-state index contributed by atoms with van der Waals surface area (Å²) in [7, 11) is 0. The quantitative estimate of drug-likeness (QED) is 0.725. The summed E-state index contributed by atoms with van der Waals surface area (Å²) < 4.78 is 5.86. The van der Waals surface area contributed by atoms with Crippen LogP contribution in [0.25, 0.3) is 0 Å². The number of hydrogen-bond acceptors (Lipinski definition) is 3. The van der Waals surface area contributed by atoms with Gasteiger partial charge in [0.2, 0.25) is 0 Å². The molecule has 1 aromatic heterocycles. The third-order valence-electron chi connectivity index (χ3n) is 3.87. The van der Waals surface area contributed by atoms with Gasteiger partial charge in [0.1, 0.15) is 11.0 Å². The highest BCUT2D eigenvalue weighted by Gasteiger charge is 2.35. The molecule has 2 atom stereocenters. The van der Waals surface area contributed by atoms with Crippen molar-refractivity contribution in [2.24, 2.45) is 0 Å². The molecule has 0 spiro atoms. The second-order valence-corrected chi connectivity index (χ2v) is 6.19. The van der Waals surface area contributed by atoms with Crippen LogP contribution in [0.15, 0.2) is 6.07 Å². The maximum absolute atomic E-state index is 6.28. The van der Waals surface area contributed by atoms with Crippen LogP contribution < -0.4 is 4.90 Å². The number of fused-ring (bicyclic) bond motifs is 1. The largest absolute Gasteiger partial charge is 0.374 e. The van der Waals surface area contributed by atoms with Crippen molar-refractivity contribution < 1.29 is 4.74 Å². The van der Waals surface area contributed by atoms with Crippen LogP contribution in [0.5, 0.6) is 0 Å². The second-order valence-electron chi connectivity index (χ2n) is 5.02. The predicted octanol–water partition coefficient (Wildman–Crippen LogP) is 4.19. The van der Waals surface area contributed by atoms with Gasteiger partial charge in [-0.25, -0.2) is 4.98 Å². The van der Waals surface area contributed by atoms with Crippen LogP contribution in [0.1, 0.15) is 25.7 Å². The van der Waals surface area contributed by atoms with Crippen LogP contribution in [-0.4, -0.2) is 30.3 Å². The Morgan fingerprint density at radius 1 is 1.16 bits per heavy atom. The smallest absolute Gasteiger partial charge is 0.150 e. The number of anilines is 1. The van der Waals surface area contributed by atoms with Crippen molar-refractivity contribution in [2.75, 3.05) is 18.1 Å². The summed E-state index contributed by atoms with van der Waals surface area (Å²) in [4.78, 5) is 6.59. The van der Waals surface area contributed by atoms with Gasteiger partial charge in [-0.2, -0.15) is 0 Å². The number of aromatic nitrogens is 1. The van der Waals surface area contributed by atoms with Gasteiger partial charge in [-0.05, 0) is 18.9 Å². The van der Waals surface area contributed by atoms with Gasteiger partial charge in [-0.3, -0.25) is 0 Å². The van der Waals surface area contributed by atoms with E-state index in [1.165, 1.54) is 12.8 Å². The van der Waals surface area contributed by atoms with E-state index in [4.69, 9.17) is 39.5 Å². The zero-order valence-electron chi connectivity index (χ0n) is 10.4. The fourth-order valence-corrected chi connectivity index (χ4v) is 3.60. The van der Waals surface area contributed by atoms with Crippen molar-refractivity contribution in [3.63, 3.8) is 0 Å². The molecule has 1 saturated heterocycles. The first-order valence-electron chi connectivity index (χ1n) is 6.56. The molecule has 1 saturated carbocycles. The summed E-state index contributed by atoms with van der Waals surface area (Å²) in [5, 5.41) is 1.25. The van der Waals surface area contributed by atoms with E-state index in [-0.39, 0.29) is 6.10 Å². The summed E-state index contributed by atoms with van der Waals surface area (Å²) in [5.74, 6) is 0.733. The van der Waals surface area contributed by atoms with Gasteiger partial charge in [-0.15, -0.1) is 0 Å². The summed E-state index contributed by atoms with van der Waals surface area (Å²) in [6.45, 7) is 1.51. The molecule has 1 aliphatic carbocycles. The summed E-state index contributed by atoms with van der Waals surface area (Å²) >= 11 is 18.2. The lowest BCUT2D eigenvalue weighted by Gasteiger charge is -2.44. The molecule has 2 fully saturated rings. The Kier molecular flexibility index (Phi) is 4.08. The van der Waals surface area contributed by atoms with Crippen molar-refractivity contribution in [2.45, 2.75) is 37.8 Å². The van der Waals surface area contributed by atoms with E-state index in [0.29, 0.717) is 27.8 Å². The van der Waals surface area contributed by atoms with Crippen LogP contribution in [0.4, 0.5) is 5.82 Å². The van der Waals surface area contributed by atoms with E-state index in [0.717, 1.165) is 25.2 Å². The third-order valence-corrected chi connectivity index (χ3v) is 4.82. The number of nitrogens with zero attached hydrogens (tertiary/aromatic N) is 2. The van der Waals surface area contributed by atoms with Crippen molar-refractivity contribution in [1.29, 1.82) is 0 Å². The van der Waals surface area contributed by atoms with Gasteiger partial charge in [0, 0.05) is 6.54 Å². The lowest BCUT2D eigenvalue weighted by atomic mass is 9.90. The fraction of sp³-hybridized carbons (Fsp3) is 0.615. The van der Waals surface area contributed by atoms with E-state index < -0.39 is 0 Å². The molecule has 0 N–H and O–H groups in total. The molecule has 0 radical (unpaired) electrons. The van der Waals surface area contributed by atoms with Crippen molar-refractivity contribution in [3.8, 4) is 0 Å². The normalized spacial score (nSPS) is 27.2. The highest BCUT2D eigenvalue weighted by atomic mass is 35.5. The van der Waals surface area contributed by atoms with E-state index in [2.05, 4.69) is 9.88 Å². The zero-order valence-corrected chi connectivity index (χ0v) is 12.7. The van der Waals surface area contributed by atoms with E-state index in [1.54, 1.807) is 6.07 Å². The molecule has 19 heavy (non-hydrogen) atoms. The van der Waals surface area contributed by atoms with Crippen molar-refractivity contribution >= 4 is 40.6 Å². The molecule has 0 aromatic carbocycles. The molecule has 1 aliphatic heterocycles. The van der Waals surface area contributed by atoms with Crippen LogP contribution in [0, 0.1) is 0 Å². The second kappa shape index (κ2) is 5.65. The maximum Gasteiger partial charge on any atom is 0.150 e. The van der Waals surface area contributed by atoms with Gasteiger partial charge in [0.25, 0.3) is 0 Å². The molecule has 2 aliphatic rings. The maximum atomic E-state index is 6.28. The third kappa shape index (κ3) is 2.66. The lowest BCUT2D eigenvalue weighted by molar-refractivity contribution is -0.00897. The van der Waals surface area contributed by atoms with Gasteiger partial charge in [0.05, 0.1) is 28.8 Å². The highest BCUT2D eigenvalue weighted by molar-refractivity contribution is 6.42. The number of morpholine rings is 1. The number of hydrogen-bond donors (Lipinski definition) is 0. The molecule has 3 nitrogen and oxygen atoms in total. The molecular weight excluding hydrogens is 307 g/mol. The van der Waals surface area contributed by atoms with Gasteiger partial charge in [-0.1, -0.05) is 47.6 Å². The first-order valence-corrected chi connectivity index (χ1v) is 7.70. The van der Waals surface area contributed by atoms with Crippen LogP contribution in [-0.2, 0) is 4.74 Å². The van der Waals surface area contributed by atoms with E-state index in [9.17, 15) is 0 Å². The Morgan fingerprint density at radius 3 is 2.79 bits per heavy atom. The molecule has 3 rings (SSSR count). The van der Waals surface area contributed by atoms with Gasteiger partial charge in [0.15, 0.2) is 0 Å². The molecule has 1 aromatic rings. The Bertz CT molecular complexity index is 481. The minimum Gasteiger partial charge on any atom is -0.374 e. The lowest BCUT2D eigenvalue weighted by Crippen LogP contribution is -2.53. The average Bonchev–Trinajstić information content (AvgIpc) is 2.42. The zero-order chi connectivity index (χ0) is 13.4. The molecule has 104 valence electrons. The van der Waals surface area contributed by atoms with Gasteiger partial charge >= 0.3 is 0 Å². The molecular formula is C13H15Cl3N2O. The molecule has 0 amide bonds. The average molecular weight is 322 g/mol. The summed E-state index contributed by atoms with van der Waals surface area (Å²) in [6.07, 6.45) is 4.97. The predicted molar refractivity (Wildman–Crippen MR) is 78.6 cm³/mol. The number of ether oxygens (including phenoxy) is 1.